The van der Waals surface area contributed by atoms with E-state index < -0.39 is 17.7 Å². The number of aliphatic hydroxyl groups excluding tert-OH is 1. The van der Waals surface area contributed by atoms with Crippen LogP contribution in [0.2, 0.25) is 0 Å². The number of para-hydroxylation sites is 2. The van der Waals surface area contributed by atoms with Crippen molar-refractivity contribution in [3.8, 4) is 5.75 Å². The molecule has 2 aromatic carbocycles. The first-order valence-corrected chi connectivity index (χ1v) is 8.46. The number of amides is 1. The molecule has 1 atom stereocenters. The molecule has 5 heteroatoms. The average Bonchev–Trinajstić information content (AvgIpc) is 2.92. The predicted octanol–water partition coefficient (Wildman–Crippen LogP) is 3.82. The molecule has 1 aliphatic heterocycles. The van der Waals surface area contributed by atoms with E-state index in [0.717, 1.165) is 0 Å². The minimum atomic E-state index is -0.740. The second-order valence-electron chi connectivity index (χ2n) is 6.44. The fourth-order valence-electron chi connectivity index (χ4n) is 3.21. The summed E-state index contributed by atoms with van der Waals surface area (Å²) in [6.07, 6.45) is 0. The zero-order valence-corrected chi connectivity index (χ0v) is 15.0. The van der Waals surface area contributed by atoms with Crippen LogP contribution < -0.4 is 9.64 Å². The zero-order chi connectivity index (χ0) is 18.8. The van der Waals surface area contributed by atoms with E-state index >= 15 is 0 Å². The molecule has 0 radical (unpaired) electrons. The standard InChI is InChI=1S/C21H21NO4/c1-13(2)19(23)17-18(15-11-7-8-12-16(15)26-3)22(21(25)20(17)24)14-9-5-4-6-10-14/h4-13,18,24H,1-3H3. The molecule has 0 saturated heterocycles. The van der Waals surface area contributed by atoms with Crippen molar-refractivity contribution in [2.75, 3.05) is 12.0 Å². The molecule has 134 valence electrons. The molecule has 0 aromatic heterocycles. The predicted molar refractivity (Wildman–Crippen MR) is 99.2 cm³/mol. The topological polar surface area (TPSA) is 66.8 Å². The summed E-state index contributed by atoms with van der Waals surface area (Å²) in [5, 5.41) is 10.5. The summed E-state index contributed by atoms with van der Waals surface area (Å²) in [7, 11) is 1.54. The number of carbonyl (C=O) groups is 2. The molecule has 26 heavy (non-hydrogen) atoms. The lowest BCUT2D eigenvalue weighted by atomic mass is 9.90. The minimum absolute atomic E-state index is 0.110. The smallest absolute Gasteiger partial charge is 0.294 e. The van der Waals surface area contributed by atoms with Gasteiger partial charge >= 0.3 is 0 Å². The summed E-state index contributed by atoms with van der Waals surface area (Å²) in [4.78, 5) is 27.1. The van der Waals surface area contributed by atoms with Crippen molar-refractivity contribution in [1.82, 2.24) is 0 Å². The summed E-state index contributed by atoms with van der Waals surface area (Å²) < 4.78 is 5.45. The van der Waals surface area contributed by atoms with E-state index in [4.69, 9.17) is 4.74 Å². The van der Waals surface area contributed by atoms with Crippen LogP contribution in [0.15, 0.2) is 65.9 Å². The highest BCUT2D eigenvalue weighted by atomic mass is 16.5. The maximum atomic E-state index is 12.9. The number of aliphatic hydroxyl groups is 1. The Morgan fingerprint density at radius 3 is 2.31 bits per heavy atom. The van der Waals surface area contributed by atoms with Gasteiger partial charge in [0.1, 0.15) is 5.75 Å². The van der Waals surface area contributed by atoms with Crippen LogP contribution in [0.4, 0.5) is 5.69 Å². The van der Waals surface area contributed by atoms with Gasteiger partial charge in [0.05, 0.1) is 18.7 Å². The van der Waals surface area contributed by atoms with E-state index in [1.165, 1.54) is 12.0 Å². The molecule has 1 heterocycles. The lowest BCUT2D eigenvalue weighted by Gasteiger charge is -2.28. The average molecular weight is 351 g/mol. The molecule has 1 amide bonds. The Hall–Kier alpha value is -3.08. The highest BCUT2D eigenvalue weighted by Gasteiger charge is 2.45. The molecule has 0 bridgehead atoms. The van der Waals surface area contributed by atoms with Crippen LogP contribution in [0.25, 0.3) is 0 Å². The van der Waals surface area contributed by atoms with Gasteiger partial charge in [0.15, 0.2) is 11.5 Å². The fourth-order valence-corrected chi connectivity index (χ4v) is 3.21. The van der Waals surface area contributed by atoms with Gasteiger partial charge in [0.2, 0.25) is 0 Å². The quantitative estimate of drug-likeness (QED) is 0.889. The van der Waals surface area contributed by atoms with Crippen molar-refractivity contribution in [3.63, 3.8) is 0 Å². The van der Waals surface area contributed by atoms with Gasteiger partial charge in [0.25, 0.3) is 5.91 Å². The SMILES string of the molecule is COc1ccccc1C1C(C(=O)C(C)C)=C(O)C(=O)N1c1ccccc1. The lowest BCUT2D eigenvalue weighted by Crippen LogP contribution is -2.31. The number of rotatable bonds is 5. The Labute approximate surface area is 152 Å². The molecule has 1 aliphatic rings. The molecular formula is C21H21NO4. The van der Waals surface area contributed by atoms with Crippen molar-refractivity contribution >= 4 is 17.4 Å². The first-order valence-electron chi connectivity index (χ1n) is 8.46. The third-order valence-electron chi connectivity index (χ3n) is 4.47. The van der Waals surface area contributed by atoms with Crippen molar-refractivity contribution in [2.24, 2.45) is 5.92 Å². The summed E-state index contributed by atoms with van der Waals surface area (Å²) in [6.45, 7) is 3.50. The molecular weight excluding hydrogens is 330 g/mol. The Bertz CT molecular complexity index is 871. The van der Waals surface area contributed by atoms with Gasteiger partial charge in [0, 0.05) is 17.2 Å². The van der Waals surface area contributed by atoms with Crippen LogP contribution in [0.3, 0.4) is 0 Å². The molecule has 3 rings (SSSR count). The second-order valence-corrected chi connectivity index (χ2v) is 6.44. The molecule has 0 aliphatic carbocycles. The van der Waals surface area contributed by atoms with Crippen molar-refractivity contribution in [1.29, 1.82) is 0 Å². The Balaban J connectivity index is 2.24. The number of Topliss-reactive ketones (excluding diaryl/α,β-unsaturated/α-hetero) is 1. The lowest BCUT2D eigenvalue weighted by molar-refractivity contribution is -0.119. The maximum Gasteiger partial charge on any atom is 0.294 e. The number of hydrogen-bond acceptors (Lipinski definition) is 4. The number of ketones is 1. The zero-order valence-electron chi connectivity index (χ0n) is 15.0. The van der Waals surface area contributed by atoms with Crippen LogP contribution >= 0.6 is 0 Å². The Kier molecular flexibility index (Phi) is 4.80. The summed E-state index contributed by atoms with van der Waals surface area (Å²) in [5.41, 5.74) is 1.37. The van der Waals surface area contributed by atoms with Crippen LogP contribution in [0.5, 0.6) is 5.75 Å². The number of anilines is 1. The first-order chi connectivity index (χ1) is 12.5. The van der Waals surface area contributed by atoms with E-state index in [1.807, 2.05) is 18.2 Å². The molecule has 2 aromatic rings. The van der Waals surface area contributed by atoms with Gasteiger partial charge in [-0.1, -0.05) is 50.2 Å². The molecule has 0 saturated carbocycles. The largest absolute Gasteiger partial charge is 0.503 e. The fraction of sp³-hybridized carbons (Fsp3) is 0.238. The monoisotopic (exact) mass is 351 g/mol. The third-order valence-corrected chi connectivity index (χ3v) is 4.47. The van der Waals surface area contributed by atoms with Gasteiger partial charge < -0.3 is 9.84 Å². The maximum absolute atomic E-state index is 12.9. The van der Waals surface area contributed by atoms with Crippen LogP contribution in [0, 0.1) is 5.92 Å². The normalized spacial score (nSPS) is 17.2. The molecule has 5 nitrogen and oxygen atoms in total. The van der Waals surface area contributed by atoms with Crippen LogP contribution in [-0.2, 0) is 9.59 Å². The number of methoxy groups -OCH3 is 1. The second kappa shape index (κ2) is 7.04. The molecule has 1 unspecified atom stereocenters. The van der Waals surface area contributed by atoms with Gasteiger partial charge in [-0.25, -0.2) is 0 Å². The van der Waals surface area contributed by atoms with E-state index in [9.17, 15) is 14.7 Å². The highest BCUT2D eigenvalue weighted by Crippen LogP contribution is 2.44. The van der Waals surface area contributed by atoms with Crippen molar-refractivity contribution in [2.45, 2.75) is 19.9 Å². The Morgan fingerprint density at radius 2 is 1.69 bits per heavy atom. The van der Waals surface area contributed by atoms with Gasteiger partial charge in [-0.15, -0.1) is 0 Å². The van der Waals surface area contributed by atoms with E-state index in [0.29, 0.717) is 17.0 Å². The number of hydrogen-bond donors (Lipinski definition) is 1. The summed E-state index contributed by atoms with van der Waals surface area (Å²) >= 11 is 0. The van der Waals surface area contributed by atoms with E-state index in [-0.39, 0.29) is 17.3 Å². The highest BCUT2D eigenvalue weighted by molar-refractivity contribution is 6.17. The van der Waals surface area contributed by atoms with Gasteiger partial charge in [-0.3, -0.25) is 14.5 Å². The van der Waals surface area contributed by atoms with Crippen LogP contribution in [0.1, 0.15) is 25.5 Å². The van der Waals surface area contributed by atoms with Crippen molar-refractivity contribution in [3.05, 3.63) is 71.5 Å². The van der Waals surface area contributed by atoms with Crippen molar-refractivity contribution < 1.29 is 19.4 Å². The number of carbonyl (C=O) groups excluding carboxylic acids is 2. The number of nitrogens with zero attached hydrogens (tertiary/aromatic N) is 1. The molecule has 0 fully saturated rings. The van der Waals surface area contributed by atoms with Crippen LogP contribution in [-0.4, -0.2) is 23.9 Å². The van der Waals surface area contributed by atoms with Gasteiger partial charge in [-0.05, 0) is 18.2 Å². The molecule has 1 N–H and O–H groups in total. The Morgan fingerprint density at radius 1 is 1.08 bits per heavy atom. The number of benzene rings is 2. The summed E-state index contributed by atoms with van der Waals surface area (Å²) in [6, 6.07) is 15.5. The van der Waals surface area contributed by atoms with Gasteiger partial charge in [-0.2, -0.15) is 0 Å². The van der Waals surface area contributed by atoms with E-state index in [2.05, 4.69) is 0 Å². The minimum Gasteiger partial charge on any atom is -0.503 e. The van der Waals surface area contributed by atoms with E-state index in [1.54, 1.807) is 50.2 Å². The first kappa shape index (κ1) is 17.7. The number of ether oxygens (including phenoxy) is 1. The molecule has 0 spiro atoms. The summed E-state index contributed by atoms with van der Waals surface area (Å²) in [5.74, 6) is -1.15. The third kappa shape index (κ3) is 2.86.